The Bertz CT molecular complexity index is 373. The zero-order chi connectivity index (χ0) is 13.1. The molecule has 1 heterocycles. The Hall–Kier alpha value is -0.860. The van der Waals surface area contributed by atoms with Crippen LogP contribution in [-0.4, -0.2) is 12.7 Å². The van der Waals surface area contributed by atoms with E-state index in [0.29, 0.717) is 11.8 Å². The summed E-state index contributed by atoms with van der Waals surface area (Å²) in [5, 5.41) is 0. The second-order valence-electron chi connectivity index (χ2n) is 5.60. The maximum absolute atomic E-state index is 6.32. The van der Waals surface area contributed by atoms with Crippen LogP contribution in [0.15, 0.2) is 24.3 Å². The van der Waals surface area contributed by atoms with Gasteiger partial charge in [0.1, 0.15) is 0 Å². The molecule has 2 heteroatoms. The molecule has 2 N–H and O–H groups in total. The third-order valence-corrected chi connectivity index (χ3v) is 4.30. The van der Waals surface area contributed by atoms with Gasteiger partial charge in [-0.3, -0.25) is 0 Å². The van der Waals surface area contributed by atoms with E-state index >= 15 is 0 Å². The van der Waals surface area contributed by atoms with Gasteiger partial charge in [0.25, 0.3) is 0 Å². The fourth-order valence-corrected chi connectivity index (χ4v) is 2.65. The molecule has 2 rings (SSSR count). The average Bonchev–Trinajstić information content (AvgIpc) is 2.83. The molecule has 2 nitrogen and oxygen atoms in total. The Balaban J connectivity index is 2.09. The molecule has 0 aliphatic carbocycles. The number of hydrogen-bond donors (Lipinski definition) is 1. The van der Waals surface area contributed by atoms with Crippen LogP contribution in [0.4, 0.5) is 0 Å². The van der Waals surface area contributed by atoms with Crippen molar-refractivity contribution in [2.24, 2.45) is 11.7 Å². The lowest BCUT2D eigenvalue weighted by Gasteiger charge is -2.23. The Kier molecular flexibility index (Phi) is 4.41. The molecular formula is C16H25NO. The van der Waals surface area contributed by atoms with E-state index in [1.165, 1.54) is 17.5 Å². The quantitative estimate of drug-likeness (QED) is 0.882. The third kappa shape index (κ3) is 2.76. The molecule has 4 unspecified atom stereocenters. The monoisotopic (exact) mass is 247 g/mol. The zero-order valence-electron chi connectivity index (χ0n) is 11.7. The Morgan fingerprint density at radius 3 is 2.39 bits per heavy atom. The highest BCUT2D eigenvalue weighted by molar-refractivity contribution is 5.27. The van der Waals surface area contributed by atoms with E-state index in [1.54, 1.807) is 0 Å². The van der Waals surface area contributed by atoms with E-state index in [1.807, 2.05) is 0 Å². The summed E-state index contributed by atoms with van der Waals surface area (Å²) >= 11 is 0. The molecule has 0 amide bonds. The highest BCUT2D eigenvalue weighted by Gasteiger charge is 2.30. The van der Waals surface area contributed by atoms with Crippen molar-refractivity contribution in [3.8, 4) is 0 Å². The SMILES string of the molecule is CCC(C)c1ccc(C(N)C2OCCC2C)cc1. The lowest BCUT2D eigenvalue weighted by Crippen LogP contribution is -2.29. The highest BCUT2D eigenvalue weighted by atomic mass is 16.5. The molecule has 0 aromatic heterocycles. The first kappa shape index (κ1) is 13.6. The van der Waals surface area contributed by atoms with Crippen LogP contribution < -0.4 is 5.73 Å². The van der Waals surface area contributed by atoms with Crippen LogP contribution in [-0.2, 0) is 4.74 Å². The fraction of sp³-hybridized carbons (Fsp3) is 0.625. The van der Waals surface area contributed by atoms with Gasteiger partial charge < -0.3 is 10.5 Å². The molecule has 1 fully saturated rings. The molecule has 1 aromatic rings. The van der Waals surface area contributed by atoms with Gasteiger partial charge in [0, 0.05) is 6.61 Å². The van der Waals surface area contributed by atoms with E-state index in [2.05, 4.69) is 45.0 Å². The number of hydrogen-bond acceptors (Lipinski definition) is 2. The van der Waals surface area contributed by atoms with E-state index < -0.39 is 0 Å². The standard InChI is InChI=1S/C16H25NO/c1-4-11(2)13-5-7-14(8-6-13)15(17)16-12(3)9-10-18-16/h5-8,11-12,15-16H,4,9-10,17H2,1-3H3. The second kappa shape index (κ2) is 5.85. The van der Waals surface area contributed by atoms with Gasteiger partial charge in [-0.15, -0.1) is 0 Å². The molecule has 0 spiro atoms. The summed E-state index contributed by atoms with van der Waals surface area (Å²) in [7, 11) is 0. The Morgan fingerprint density at radius 2 is 1.89 bits per heavy atom. The molecule has 1 saturated heterocycles. The van der Waals surface area contributed by atoms with Crippen molar-refractivity contribution in [1.82, 2.24) is 0 Å². The van der Waals surface area contributed by atoms with Gasteiger partial charge in [0.15, 0.2) is 0 Å². The minimum absolute atomic E-state index is 0.00785. The summed E-state index contributed by atoms with van der Waals surface area (Å²) in [5.41, 5.74) is 8.92. The van der Waals surface area contributed by atoms with Crippen LogP contribution >= 0.6 is 0 Å². The van der Waals surface area contributed by atoms with Crippen LogP contribution in [0.3, 0.4) is 0 Å². The maximum Gasteiger partial charge on any atom is 0.0793 e. The Morgan fingerprint density at radius 1 is 1.28 bits per heavy atom. The van der Waals surface area contributed by atoms with E-state index in [-0.39, 0.29) is 12.1 Å². The summed E-state index contributed by atoms with van der Waals surface area (Å²) in [6, 6.07) is 8.76. The number of rotatable bonds is 4. The summed E-state index contributed by atoms with van der Waals surface area (Å²) in [6.45, 7) is 7.56. The number of ether oxygens (including phenoxy) is 1. The smallest absolute Gasteiger partial charge is 0.0793 e. The van der Waals surface area contributed by atoms with Gasteiger partial charge in [0.05, 0.1) is 12.1 Å². The molecule has 18 heavy (non-hydrogen) atoms. The molecule has 0 radical (unpaired) electrons. The number of nitrogens with two attached hydrogens (primary N) is 1. The first-order chi connectivity index (χ1) is 8.63. The molecule has 1 aliphatic heterocycles. The largest absolute Gasteiger partial charge is 0.376 e. The number of benzene rings is 1. The lowest BCUT2D eigenvalue weighted by atomic mass is 9.91. The van der Waals surface area contributed by atoms with Crippen molar-refractivity contribution in [2.45, 2.75) is 51.7 Å². The first-order valence-electron chi connectivity index (χ1n) is 7.10. The van der Waals surface area contributed by atoms with Crippen molar-refractivity contribution >= 4 is 0 Å². The van der Waals surface area contributed by atoms with Crippen LogP contribution in [0.5, 0.6) is 0 Å². The highest BCUT2D eigenvalue weighted by Crippen LogP contribution is 2.30. The molecule has 0 bridgehead atoms. The van der Waals surface area contributed by atoms with Gasteiger partial charge >= 0.3 is 0 Å². The zero-order valence-corrected chi connectivity index (χ0v) is 11.7. The summed E-state index contributed by atoms with van der Waals surface area (Å²) in [5.74, 6) is 1.19. The minimum atomic E-state index is 0.00785. The summed E-state index contributed by atoms with van der Waals surface area (Å²) < 4.78 is 5.76. The third-order valence-electron chi connectivity index (χ3n) is 4.30. The molecular weight excluding hydrogens is 222 g/mol. The van der Waals surface area contributed by atoms with Crippen molar-refractivity contribution in [1.29, 1.82) is 0 Å². The van der Waals surface area contributed by atoms with Crippen molar-refractivity contribution < 1.29 is 4.74 Å². The van der Waals surface area contributed by atoms with Crippen LogP contribution in [0.2, 0.25) is 0 Å². The van der Waals surface area contributed by atoms with Crippen molar-refractivity contribution in [2.75, 3.05) is 6.61 Å². The normalized spacial score (nSPS) is 27.1. The van der Waals surface area contributed by atoms with Gasteiger partial charge in [-0.1, -0.05) is 45.0 Å². The average molecular weight is 247 g/mol. The molecule has 4 atom stereocenters. The predicted molar refractivity (Wildman–Crippen MR) is 75.6 cm³/mol. The van der Waals surface area contributed by atoms with Crippen molar-refractivity contribution in [3.63, 3.8) is 0 Å². The molecule has 100 valence electrons. The van der Waals surface area contributed by atoms with Gasteiger partial charge in [-0.2, -0.15) is 0 Å². The van der Waals surface area contributed by atoms with E-state index in [0.717, 1.165) is 13.0 Å². The molecule has 1 aromatic carbocycles. The summed E-state index contributed by atoms with van der Waals surface area (Å²) in [6.07, 6.45) is 2.48. The van der Waals surface area contributed by atoms with Gasteiger partial charge in [-0.25, -0.2) is 0 Å². The summed E-state index contributed by atoms with van der Waals surface area (Å²) in [4.78, 5) is 0. The minimum Gasteiger partial charge on any atom is -0.376 e. The van der Waals surface area contributed by atoms with E-state index in [9.17, 15) is 0 Å². The maximum atomic E-state index is 6.32. The fourth-order valence-electron chi connectivity index (χ4n) is 2.65. The van der Waals surface area contributed by atoms with Crippen LogP contribution in [0.1, 0.15) is 56.7 Å². The first-order valence-corrected chi connectivity index (χ1v) is 7.10. The predicted octanol–water partition coefficient (Wildman–Crippen LogP) is 3.62. The lowest BCUT2D eigenvalue weighted by molar-refractivity contribution is 0.0725. The van der Waals surface area contributed by atoms with Crippen molar-refractivity contribution in [3.05, 3.63) is 35.4 Å². The van der Waals surface area contributed by atoms with Gasteiger partial charge in [-0.05, 0) is 35.8 Å². The van der Waals surface area contributed by atoms with Crippen LogP contribution in [0.25, 0.3) is 0 Å². The Labute approximate surface area is 111 Å². The van der Waals surface area contributed by atoms with Crippen LogP contribution in [0, 0.1) is 5.92 Å². The molecule has 1 aliphatic rings. The molecule has 0 saturated carbocycles. The van der Waals surface area contributed by atoms with E-state index in [4.69, 9.17) is 10.5 Å². The topological polar surface area (TPSA) is 35.2 Å². The second-order valence-corrected chi connectivity index (χ2v) is 5.60. The van der Waals surface area contributed by atoms with Gasteiger partial charge in [0.2, 0.25) is 0 Å².